The number of carbonyl (C=O) groups is 2. The Balaban J connectivity index is 2.20. The Morgan fingerprint density at radius 3 is 2.57 bits per heavy atom. The zero-order valence-corrected chi connectivity index (χ0v) is 8.11. The Morgan fingerprint density at radius 2 is 2.07 bits per heavy atom. The Hall–Kier alpha value is -1.10. The molecule has 78 valence electrons. The van der Waals surface area contributed by atoms with Gasteiger partial charge < -0.3 is 14.2 Å². The maximum absolute atomic E-state index is 11.4. The molecular weight excluding hydrogens is 188 g/mol. The molecule has 1 aliphatic carbocycles. The summed E-state index contributed by atoms with van der Waals surface area (Å²) in [6.07, 6.45) is 0.569. The van der Waals surface area contributed by atoms with Crippen molar-refractivity contribution >= 4 is 11.9 Å². The van der Waals surface area contributed by atoms with E-state index in [1.165, 1.54) is 14.2 Å². The third kappa shape index (κ3) is 0.930. The van der Waals surface area contributed by atoms with Crippen molar-refractivity contribution in [3.63, 3.8) is 0 Å². The molecule has 3 aliphatic rings. The van der Waals surface area contributed by atoms with Crippen molar-refractivity contribution < 1.29 is 23.8 Å². The van der Waals surface area contributed by atoms with Crippen LogP contribution in [0.3, 0.4) is 0 Å². The summed E-state index contributed by atoms with van der Waals surface area (Å²) in [7, 11) is 2.60. The second-order valence-electron chi connectivity index (χ2n) is 3.66. The van der Waals surface area contributed by atoms with Crippen molar-refractivity contribution in [1.29, 1.82) is 0 Å². The van der Waals surface area contributed by atoms with Gasteiger partial charge in [0.05, 0.1) is 20.8 Å². The monoisotopic (exact) mass is 200 g/mol. The minimum absolute atomic E-state index is 0.113. The van der Waals surface area contributed by atoms with Crippen LogP contribution in [0.2, 0.25) is 0 Å². The van der Waals surface area contributed by atoms with Crippen LogP contribution in [0.15, 0.2) is 0 Å². The predicted molar refractivity (Wildman–Crippen MR) is 44.3 cm³/mol. The molecule has 2 aliphatic heterocycles. The van der Waals surface area contributed by atoms with Crippen LogP contribution in [0.25, 0.3) is 0 Å². The highest BCUT2D eigenvalue weighted by molar-refractivity contribution is 5.91. The van der Waals surface area contributed by atoms with E-state index in [1.54, 1.807) is 0 Å². The number of methoxy groups -OCH3 is 2. The summed E-state index contributed by atoms with van der Waals surface area (Å²) in [5.74, 6) is -1.22. The fourth-order valence-electron chi connectivity index (χ4n) is 2.37. The molecule has 3 unspecified atom stereocenters. The molecule has 0 spiro atoms. The van der Waals surface area contributed by atoms with Crippen molar-refractivity contribution in [1.82, 2.24) is 0 Å². The van der Waals surface area contributed by atoms with E-state index in [-0.39, 0.29) is 11.9 Å². The lowest BCUT2D eigenvalue weighted by Gasteiger charge is -2.39. The minimum Gasteiger partial charge on any atom is -0.469 e. The minimum atomic E-state index is -1.05. The molecule has 5 nitrogen and oxygen atoms in total. The molecule has 5 heteroatoms. The van der Waals surface area contributed by atoms with Gasteiger partial charge in [-0.3, -0.25) is 4.79 Å². The summed E-state index contributed by atoms with van der Waals surface area (Å²) in [5, 5.41) is 0. The van der Waals surface area contributed by atoms with Crippen molar-refractivity contribution in [2.24, 2.45) is 11.8 Å². The zero-order valence-electron chi connectivity index (χ0n) is 8.11. The van der Waals surface area contributed by atoms with E-state index in [9.17, 15) is 9.59 Å². The highest BCUT2D eigenvalue weighted by Gasteiger charge is 2.69. The molecule has 14 heavy (non-hydrogen) atoms. The fraction of sp³-hybridized carbons (Fsp3) is 0.778. The lowest BCUT2D eigenvalue weighted by molar-refractivity contribution is -0.184. The summed E-state index contributed by atoms with van der Waals surface area (Å²) >= 11 is 0. The highest BCUT2D eigenvalue weighted by atomic mass is 16.6. The first kappa shape index (κ1) is 9.45. The van der Waals surface area contributed by atoms with Gasteiger partial charge in [-0.2, -0.15) is 0 Å². The second kappa shape index (κ2) is 2.95. The van der Waals surface area contributed by atoms with Crippen molar-refractivity contribution in [3.05, 3.63) is 0 Å². The van der Waals surface area contributed by atoms with Gasteiger partial charge in [-0.25, -0.2) is 4.79 Å². The largest absolute Gasteiger partial charge is 0.469 e. The van der Waals surface area contributed by atoms with E-state index in [0.29, 0.717) is 13.0 Å². The van der Waals surface area contributed by atoms with Crippen LogP contribution < -0.4 is 0 Å². The van der Waals surface area contributed by atoms with E-state index in [1.807, 2.05) is 0 Å². The van der Waals surface area contributed by atoms with E-state index >= 15 is 0 Å². The molecule has 3 fully saturated rings. The summed E-state index contributed by atoms with van der Waals surface area (Å²) < 4.78 is 14.6. The number of rotatable bonds is 2. The average molecular weight is 200 g/mol. The second-order valence-corrected chi connectivity index (χ2v) is 3.66. The molecule has 0 radical (unpaired) electrons. The first-order valence-corrected chi connectivity index (χ1v) is 4.46. The number of fused-ring (bicyclic) bond motifs is 1. The molecule has 3 atom stereocenters. The van der Waals surface area contributed by atoms with Crippen LogP contribution in [0, 0.1) is 11.8 Å². The van der Waals surface area contributed by atoms with Gasteiger partial charge in [0.2, 0.25) is 0 Å². The first-order valence-electron chi connectivity index (χ1n) is 4.46. The Bertz CT molecular complexity index is 283. The quantitative estimate of drug-likeness (QED) is 0.574. The number of hydrogen-bond donors (Lipinski definition) is 0. The lowest BCUT2D eigenvalue weighted by atomic mass is 9.64. The van der Waals surface area contributed by atoms with Gasteiger partial charge in [-0.1, -0.05) is 0 Å². The third-order valence-corrected chi connectivity index (χ3v) is 3.08. The Kier molecular flexibility index (Phi) is 1.99. The fourth-order valence-corrected chi connectivity index (χ4v) is 2.37. The van der Waals surface area contributed by atoms with E-state index in [0.717, 1.165) is 0 Å². The van der Waals surface area contributed by atoms with E-state index < -0.39 is 17.5 Å². The molecule has 0 aromatic rings. The van der Waals surface area contributed by atoms with Crippen LogP contribution in [0.5, 0.6) is 0 Å². The number of carbonyl (C=O) groups excluding carboxylic acids is 2. The summed E-state index contributed by atoms with van der Waals surface area (Å²) in [5.41, 5.74) is -1.05. The number of esters is 2. The van der Waals surface area contributed by atoms with Crippen molar-refractivity contribution in [3.8, 4) is 0 Å². The van der Waals surface area contributed by atoms with Gasteiger partial charge >= 0.3 is 11.9 Å². The topological polar surface area (TPSA) is 61.8 Å². The summed E-state index contributed by atoms with van der Waals surface area (Å²) in [6.45, 7) is 0.439. The van der Waals surface area contributed by atoms with Crippen LogP contribution in [0.4, 0.5) is 0 Å². The predicted octanol–water partition coefficient (Wildman–Crippen LogP) is -0.263. The van der Waals surface area contributed by atoms with Crippen LogP contribution >= 0.6 is 0 Å². The maximum atomic E-state index is 11.4. The molecule has 2 saturated heterocycles. The van der Waals surface area contributed by atoms with Crippen molar-refractivity contribution in [2.45, 2.75) is 12.0 Å². The van der Waals surface area contributed by atoms with E-state index in [2.05, 4.69) is 9.47 Å². The summed E-state index contributed by atoms with van der Waals surface area (Å²) in [4.78, 5) is 22.8. The molecule has 0 amide bonds. The van der Waals surface area contributed by atoms with Gasteiger partial charge in [0.25, 0.3) is 0 Å². The lowest BCUT2D eigenvalue weighted by Crippen LogP contribution is -2.57. The molecule has 0 aromatic carbocycles. The average Bonchev–Trinajstić information content (AvgIpc) is 2.74. The normalized spacial score (nSPS) is 38.7. The first-order chi connectivity index (χ1) is 6.65. The Morgan fingerprint density at radius 1 is 1.36 bits per heavy atom. The van der Waals surface area contributed by atoms with Crippen LogP contribution in [-0.2, 0) is 23.8 Å². The van der Waals surface area contributed by atoms with Gasteiger partial charge in [-0.05, 0) is 6.42 Å². The standard InChI is InChI=1S/C9H12O5/c1-12-7(10)6-5-3-9(6,14-4-5)8(11)13-2/h5-6H,3-4H2,1-2H3. The van der Waals surface area contributed by atoms with Gasteiger partial charge in [0.15, 0.2) is 5.60 Å². The maximum Gasteiger partial charge on any atom is 0.339 e. The van der Waals surface area contributed by atoms with Crippen molar-refractivity contribution in [2.75, 3.05) is 20.8 Å². The van der Waals surface area contributed by atoms with Crippen LogP contribution in [-0.4, -0.2) is 38.4 Å². The van der Waals surface area contributed by atoms with Gasteiger partial charge in [-0.15, -0.1) is 0 Å². The number of hydrogen-bond acceptors (Lipinski definition) is 5. The number of ether oxygens (including phenoxy) is 3. The van der Waals surface area contributed by atoms with E-state index in [4.69, 9.17) is 4.74 Å². The molecule has 2 heterocycles. The summed E-state index contributed by atoms with van der Waals surface area (Å²) in [6, 6.07) is 0. The van der Waals surface area contributed by atoms with Gasteiger partial charge in [0, 0.05) is 5.92 Å². The van der Waals surface area contributed by atoms with Crippen LogP contribution in [0.1, 0.15) is 6.42 Å². The SMILES string of the molecule is COC(=O)C1C2COC1(C(=O)OC)C2. The highest BCUT2D eigenvalue weighted by Crippen LogP contribution is 2.54. The Labute approximate surface area is 81.3 Å². The molecule has 0 aromatic heterocycles. The third-order valence-electron chi connectivity index (χ3n) is 3.08. The molecular formula is C9H12O5. The molecule has 1 saturated carbocycles. The van der Waals surface area contributed by atoms with Gasteiger partial charge in [0.1, 0.15) is 5.92 Å². The smallest absolute Gasteiger partial charge is 0.339 e. The zero-order chi connectivity index (χ0) is 10.3. The molecule has 2 bridgehead atoms. The molecule has 0 N–H and O–H groups in total. The molecule has 3 rings (SSSR count).